The van der Waals surface area contributed by atoms with Gasteiger partial charge in [0.15, 0.2) is 5.82 Å². The van der Waals surface area contributed by atoms with Crippen molar-refractivity contribution in [3.8, 4) is 0 Å². The van der Waals surface area contributed by atoms with E-state index in [9.17, 15) is 8.42 Å². The highest BCUT2D eigenvalue weighted by atomic mass is 32.2. The van der Waals surface area contributed by atoms with Crippen LogP contribution in [0.5, 0.6) is 0 Å². The van der Waals surface area contributed by atoms with Gasteiger partial charge in [0.05, 0.1) is 18.3 Å². The minimum atomic E-state index is -3.58. The van der Waals surface area contributed by atoms with Gasteiger partial charge in [-0.05, 0) is 18.9 Å². The molecule has 1 aromatic heterocycles. The van der Waals surface area contributed by atoms with Crippen LogP contribution in [0.4, 0.5) is 0 Å². The average molecular weight is 348 g/mol. The standard InChI is InChI=1S/C17H24N4O2S/c1-4-6-15(18)16-19-20-17(24(22,23)11-5-2)21(16)12-14-9-7-13(3)8-10-14/h5,7-10,15H,2,4,6,11-12,18H2,1,3H3. The normalized spacial score (nSPS) is 13.0. The summed E-state index contributed by atoms with van der Waals surface area (Å²) in [5.41, 5.74) is 8.29. The van der Waals surface area contributed by atoms with Crippen LogP contribution in [0.15, 0.2) is 42.1 Å². The van der Waals surface area contributed by atoms with Crippen LogP contribution in [0.1, 0.15) is 42.8 Å². The Labute approximate surface area is 143 Å². The quantitative estimate of drug-likeness (QED) is 0.740. The summed E-state index contributed by atoms with van der Waals surface area (Å²) in [5.74, 6) is 0.322. The highest BCUT2D eigenvalue weighted by Crippen LogP contribution is 2.20. The number of aryl methyl sites for hydroxylation is 1. The van der Waals surface area contributed by atoms with Crippen molar-refractivity contribution < 1.29 is 8.42 Å². The molecule has 1 atom stereocenters. The molecule has 130 valence electrons. The van der Waals surface area contributed by atoms with Gasteiger partial charge in [-0.3, -0.25) is 4.57 Å². The Morgan fingerprint density at radius 3 is 2.54 bits per heavy atom. The van der Waals surface area contributed by atoms with E-state index in [0.717, 1.165) is 17.5 Å². The molecule has 0 fully saturated rings. The molecule has 0 aliphatic carbocycles. The zero-order valence-electron chi connectivity index (χ0n) is 14.1. The van der Waals surface area contributed by atoms with Gasteiger partial charge in [0, 0.05) is 0 Å². The largest absolute Gasteiger partial charge is 0.321 e. The molecule has 1 unspecified atom stereocenters. The Balaban J connectivity index is 2.49. The van der Waals surface area contributed by atoms with Gasteiger partial charge in [0.1, 0.15) is 0 Å². The van der Waals surface area contributed by atoms with Gasteiger partial charge in [0.2, 0.25) is 15.0 Å². The first-order valence-corrected chi connectivity index (χ1v) is 9.62. The number of aromatic nitrogens is 3. The van der Waals surface area contributed by atoms with E-state index < -0.39 is 9.84 Å². The second kappa shape index (κ2) is 7.72. The summed E-state index contributed by atoms with van der Waals surface area (Å²) in [5, 5.41) is 7.94. The van der Waals surface area contributed by atoms with Crippen LogP contribution in [0.25, 0.3) is 0 Å². The van der Waals surface area contributed by atoms with E-state index in [2.05, 4.69) is 16.8 Å². The monoisotopic (exact) mass is 348 g/mol. The van der Waals surface area contributed by atoms with Gasteiger partial charge in [0.25, 0.3) is 0 Å². The maximum Gasteiger partial charge on any atom is 0.250 e. The van der Waals surface area contributed by atoms with E-state index in [1.54, 1.807) is 4.57 Å². The number of rotatable bonds is 8. The Morgan fingerprint density at radius 1 is 1.29 bits per heavy atom. The molecule has 1 aromatic carbocycles. The first-order valence-electron chi connectivity index (χ1n) is 7.97. The molecule has 0 amide bonds. The van der Waals surface area contributed by atoms with Crippen molar-refractivity contribution in [3.63, 3.8) is 0 Å². The Morgan fingerprint density at radius 2 is 1.96 bits per heavy atom. The molecular weight excluding hydrogens is 324 g/mol. The third-order valence-electron chi connectivity index (χ3n) is 3.75. The zero-order valence-corrected chi connectivity index (χ0v) is 15.0. The van der Waals surface area contributed by atoms with Crippen LogP contribution in [-0.2, 0) is 16.4 Å². The van der Waals surface area contributed by atoms with E-state index in [4.69, 9.17) is 5.73 Å². The first kappa shape index (κ1) is 18.4. The van der Waals surface area contributed by atoms with Crippen LogP contribution in [0.2, 0.25) is 0 Å². The number of hydrogen-bond donors (Lipinski definition) is 1. The second-order valence-corrected chi connectivity index (χ2v) is 7.81. The highest BCUT2D eigenvalue weighted by Gasteiger charge is 2.26. The lowest BCUT2D eigenvalue weighted by Gasteiger charge is -2.14. The molecule has 7 heteroatoms. The summed E-state index contributed by atoms with van der Waals surface area (Å²) < 4.78 is 26.5. The topological polar surface area (TPSA) is 90.9 Å². The van der Waals surface area contributed by atoms with Crippen molar-refractivity contribution in [3.05, 3.63) is 53.9 Å². The molecule has 0 aliphatic rings. The highest BCUT2D eigenvalue weighted by molar-refractivity contribution is 7.91. The maximum absolute atomic E-state index is 12.5. The summed E-state index contributed by atoms with van der Waals surface area (Å²) in [7, 11) is -3.58. The SMILES string of the molecule is C=CCS(=O)(=O)c1nnc(C(N)CCC)n1Cc1ccc(C)cc1. The molecule has 0 saturated heterocycles. The summed E-state index contributed by atoms with van der Waals surface area (Å²) in [6.45, 7) is 7.90. The molecule has 2 N–H and O–H groups in total. The minimum absolute atomic E-state index is 0.0514. The smallest absolute Gasteiger partial charge is 0.250 e. The number of nitrogens with two attached hydrogens (primary N) is 1. The molecule has 1 heterocycles. The van der Waals surface area contributed by atoms with Gasteiger partial charge in [-0.25, -0.2) is 8.42 Å². The van der Waals surface area contributed by atoms with Crippen LogP contribution in [0.3, 0.4) is 0 Å². The number of hydrogen-bond acceptors (Lipinski definition) is 5. The first-order chi connectivity index (χ1) is 11.4. The molecule has 0 radical (unpaired) electrons. The van der Waals surface area contributed by atoms with Crippen molar-refractivity contribution >= 4 is 9.84 Å². The predicted octanol–water partition coefficient (Wildman–Crippen LogP) is 2.39. The van der Waals surface area contributed by atoms with Crippen LogP contribution >= 0.6 is 0 Å². The Bertz CT molecular complexity index is 794. The van der Waals surface area contributed by atoms with Gasteiger partial charge < -0.3 is 5.73 Å². The second-order valence-electron chi connectivity index (χ2n) is 5.88. The molecular formula is C17H24N4O2S. The van der Waals surface area contributed by atoms with Gasteiger partial charge in [-0.1, -0.05) is 49.2 Å². The molecule has 0 bridgehead atoms. The van der Waals surface area contributed by atoms with Crippen molar-refractivity contribution in [1.29, 1.82) is 0 Å². The summed E-state index contributed by atoms with van der Waals surface area (Å²) in [6, 6.07) is 7.57. The number of nitrogens with zero attached hydrogens (tertiary/aromatic N) is 3. The molecule has 2 aromatic rings. The van der Waals surface area contributed by atoms with E-state index in [0.29, 0.717) is 18.8 Å². The van der Waals surface area contributed by atoms with Crippen LogP contribution in [0, 0.1) is 6.92 Å². The van der Waals surface area contributed by atoms with Gasteiger partial charge in [-0.2, -0.15) is 0 Å². The summed E-state index contributed by atoms with van der Waals surface area (Å²) >= 11 is 0. The lowest BCUT2D eigenvalue weighted by molar-refractivity contribution is 0.538. The number of sulfone groups is 1. The minimum Gasteiger partial charge on any atom is -0.321 e. The third kappa shape index (κ3) is 4.10. The fraction of sp³-hybridized carbons (Fsp3) is 0.412. The van der Waals surface area contributed by atoms with Gasteiger partial charge in [-0.15, -0.1) is 16.8 Å². The van der Waals surface area contributed by atoms with E-state index in [1.165, 1.54) is 6.08 Å². The van der Waals surface area contributed by atoms with Crippen molar-refractivity contribution in [1.82, 2.24) is 14.8 Å². The fourth-order valence-electron chi connectivity index (χ4n) is 2.50. The van der Waals surface area contributed by atoms with Crippen LogP contribution < -0.4 is 5.73 Å². The number of benzene rings is 1. The van der Waals surface area contributed by atoms with Crippen LogP contribution in [-0.4, -0.2) is 28.9 Å². The average Bonchev–Trinajstić information content (AvgIpc) is 2.94. The zero-order chi connectivity index (χ0) is 17.7. The van der Waals surface area contributed by atoms with E-state index in [-0.39, 0.29) is 17.0 Å². The fourth-order valence-corrected chi connectivity index (χ4v) is 3.62. The predicted molar refractivity (Wildman–Crippen MR) is 94.4 cm³/mol. The van der Waals surface area contributed by atoms with Crippen molar-refractivity contribution in [2.45, 2.75) is 44.4 Å². The molecule has 0 aliphatic heterocycles. The van der Waals surface area contributed by atoms with Gasteiger partial charge >= 0.3 is 0 Å². The summed E-state index contributed by atoms with van der Waals surface area (Å²) in [6.07, 6.45) is 2.95. The third-order valence-corrected chi connectivity index (χ3v) is 5.29. The molecule has 24 heavy (non-hydrogen) atoms. The molecule has 2 rings (SSSR count). The Kier molecular flexibility index (Phi) is 5.90. The molecule has 6 nitrogen and oxygen atoms in total. The Hall–Kier alpha value is -1.99. The van der Waals surface area contributed by atoms with E-state index >= 15 is 0 Å². The lowest BCUT2D eigenvalue weighted by Crippen LogP contribution is -2.20. The summed E-state index contributed by atoms with van der Waals surface area (Å²) in [4.78, 5) is 0. The molecule has 0 spiro atoms. The van der Waals surface area contributed by atoms with Crippen molar-refractivity contribution in [2.75, 3.05) is 5.75 Å². The lowest BCUT2D eigenvalue weighted by atomic mass is 10.1. The van der Waals surface area contributed by atoms with E-state index in [1.807, 2.05) is 38.1 Å². The molecule has 0 saturated carbocycles. The maximum atomic E-state index is 12.5. The van der Waals surface area contributed by atoms with Crippen molar-refractivity contribution in [2.24, 2.45) is 5.73 Å².